The number of pyridine rings is 1. The van der Waals surface area contributed by atoms with Crippen LogP contribution in [0.3, 0.4) is 0 Å². The molecule has 3 atom stereocenters. The molecule has 0 aromatic carbocycles. The van der Waals surface area contributed by atoms with Crippen molar-refractivity contribution in [1.29, 1.82) is 0 Å². The van der Waals surface area contributed by atoms with Crippen molar-refractivity contribution in [3.8, 4) is 0 Å². The first-order chi connectivity index (χ1) is 20.1. The smallest absolute Gasteiger partial charge is 0.353 e. The van der Waals surface area contributed by atoms with Gasteiger partial charge in [-0.15, -0.1) is 34.9 Å². The number of rotatable bonds is 13. The van der Waals surface area contributed by atoms with Crippen molar-refractivity contribution in [2.45, 2.75) is 34.2 Å². The third kappa shape index (κ3) is 7.26. The van der Waals surface area contributed by atoms with Crippen molar-refractivity contribution in [2.75, 3.05) is 30.5 Å². The number of nitrogens with one attached hydrogen (secondary N) is 1. The van der Waals surface area contributed by atoms with Crippen LogP contribution in [0.5, 0.6) is 0 Å². The van der Waals surface area contributed by atoms with Crippen LogP contribution in [0.1, 0.15) is 12.6 Å². The van der Waals surface area contributed by atoms with E-state index in [1.165, 1.54) is 40.7 Å². The van der Waals surface area contributed by atoms with E-state index in [0.717, 1.165) is 26.0 Å². The molecule has 2 aromatic heterocycles. The second kappa shape index (κ2) is 14.1. The van der Waals surface area contributed by atoms with Crippen LogP contribution >= 0.6 is 46.6 Å². The molecular weight excluding hydrogens is 630 g/mol. The Morgan fingerprint density at radius 2 is 2.17 bits per heavy atom. The summed E-state index contributed by atoms with van der Waals surface area (Å²) in [7, 11) is 0. The van der Waals surface area contributed by atoms with Crippen molar-refractivity contribution >= 4 is 81.2 Å². The lowest BCUT2D eigenvalue weighted by atomic mass is 10.0. The summed E-state index contributed by atoms with van der Waals surface area (Å²) in [6.07, 6.45) is 3.26. The number of anilines is 1. The third-order valence-corrected chi connectivity index (χ3v) is 10.3. The van der Waals surface area contributed by atoms with Gasteiger partial charge in [0.2, 0.25) is 0 Å². The Bertz CT molecular complexity index is 1450. The number of oxime groups is 1. The topological polar surface area (TPSA) is 225 Å². The van der Waals surface area contributed by atoms with E-state index >= 15 is 0 Å². The molecule has 1 unspecified atom stereocenters. The Morgan fingerprint density at radius 3 is 2.83 bits per heavy atom. The first-order valence-electron chi connectivity index (χ1n) is 12.1. The lowest BCUT2D eigenvalue weighted by Crippen LogP contribution is -2.71. The Labute approximate surface area is 255 Å². The molecule has 1 fully saturated rings. The number of aliphatic carboxylic acids is 1. The van der Waals surface area contributed by atoms with Gasteiger partial charge in [-0.2, -0.15) is 0 Å². The van der Waals surface area contributed by atoms with Crippen LogP contribution in [-0.4, -0.2) is 91.7 Å². The van der Waals surface area contributed by atoms with Crippen LogP contribution in [0.15, 0.2) is 54.4 Å². The number of carbonyl (C=O) groups is 3. The average Bonchev–Trinajstić information content (AvgIpc) is 3.38. The van der Waals surface area contributed by atoms with Gasteiger partial charge in [-0.3, -0.25) is 19.5 Å². The second-order valence-corrected chi connectivity index (χ2v) is 12.8. The summed E-state index contributed by atoms with van der Waals surface area (Å²) in [5.74, 6) is -1.86. The van der Waals surface area contributed by atoms with Gasteiger partial charge in [0.15, 0.2) is 16.8 Å². The molecule has 2 aliphatic rings. The van der Waals surface area contributed by atoms with Gasteiger partial charge in [-0.1, -0.05) is 16.9 Å². The Balaban J connectivity index is 1.51. The zero-order valence-corrected chi connectivity index (χ0v) is 25.2. The van der Waals surface area contributed by atoms with Gasteiger partial charge in [0.05, 0.1) is 6.04 Å². The number of hydrogen-bond acceptors (Lipinski definition) is 13. The molecule has 0 spiro atoms. The molecule has 8 N–H and O–H groups in total. The molecule has 1 saturated heterocycles. The third-order valence-electron chi connectivity index (χ3n) is 5.56. The summed E-state index contributed by atoms with van der Waals surface area (Å²) in [5, 5.41) is 17.3. The van der Waals surface area contributed by atoms with Gasteiger partial charge in [0.1, 0.15) is 36.1 Å². The maximum Gasteiger partial charge on any atom is 0.353 e. The van der Waals surface area contributed by atoms with Crippen molar-refractivity contribution in [1.82, 2.24) is 20.2 Å². The van der Waals surface area contributed by atoms with E-state index in [9.17, 15) is 23.9 Å². The van der Waals surface area contributed by atoms with Gasteiger partial charge in [0, 0.05) is 44.0 Å². The van der Waals surface area contributed by atoms with Gasteiger partial charge >= 0.3 is 5.97 Å². The van der Waals surface area contributed by atoms with Crippen molar-refractivity contribution in [3.05, 3.63) is 40.1 Å². The molecule has 42 heavy (non-hydrogen) atoms. The Morgan fingerprint density at radius 1 is 1.38 bits per heavy atom. The fraction of sp³-hybridized carbons (Fsp3) is 0.348. The van der Waals surface area contributed by atoms with E-state index in [1.54, 1.807) is 18.5 Å². The summed E-state index contributed by atoms with van der Waals surface area (Å²) < 4.78 is 12.5. The van der Waals surface area contributed by atoms with Crippen LogP contribution in [-0.2, 0) is 19.2 Å². The van der Waals surface area contributed by atoms with Crippen molar-refractivity contribution < 1.29 is 28.7 Å². The van der Waals surface area contributed by atoms with Gasteiger partial charge < -0.3 is 32.5 Å². The summed E-state index contributed by atoms with van der Waals surface area (Å²) in [5.41, 5.74) is 16.2. The number of guanidine groups is 1. The number of nitrogens with two attached hydrogens (primary N) is 3. The minimum Gasteiger partial charge on any atom is -0.477 e. The SMILES string of the molecule is CC(CSc1cnccc1SC1=C(C(=O)O)N2C(=O)[C@@H](NC(=O)/C(=N\OCCF)c3csc(N)n3)[C@H]2SC1)N=C(N)N. The number of aromatic nitrogens is 2. The molecule has 2 amide bonds. The zero-order valence-electron chi connectivity index (χ0n) is 21.9. The monoisotopic (exact) mass is 655 g/mol. The normalized spacial score (nSPS) is 19.0. The number of amides is 2. The van der Waals surface area contributed by atoms with Crippen LogP contribution in [0.4, 0.5) is 9.52 Å². The fourth-order valence-electron chi connectivity index (χ4n) is 3.82. The maximum atomic E-state index is 13.2. The zero-order chi connectivity index (χ0) is 30.4. The highest BCUT2D eigenvalue weighted by atomic mass is 32.2. The molecule has 0 radical (unpaired) electrons. The van der Waals surface area contributed by atoms with E-state index in [0.29, 0.717) is 10.7 Å². The van der Waals surface area contributed by atoms with Gasteiger partial charge in [0.25, 0.3) is 11.8 Å². The minimum atomic E-state index is -1.27. The van der Waals surface area contributed by atoms with Gasteiger partial charge in [-0.05, 0) is 13.0 Å². The fourth-order valence-corrected chi connectivity index (χ4v) is 7.97. The molecule has 0 saturated carbocycles. The number of aliphatic imine (C=N–C) groups is 1. The molecule has 4 heterocycles. The molecule has 224 valence electrons. The number of carboxylic acid groups (broad SMARTS) is 1. The number of carbonyl (C=O) groups excluding carboxylic acids is 2. The first-order valence-corrected chi connectivity index (χ1v) is 15.9. The summed E-state index contributed by atoms with van der Waals surface area (Å²) >= 11 is 5.06. The minimum absolute atomic E-state index is 0.0101. The number of thioether (sulfide) groups is 3. The number of alkyl halides is 1. The Hall–Kier alpha value is -3.55. The molecule has 4 rings (SSSR count). The number of thiazole rings is 1. The Kier molecular flexibility index (Phi) is 10.5. The predicted octanol–water partition coefficient (Wildman–Crippen LogP) is 1.05. The second-order valence-electron chi connectivity index (χ2n) is 8.61. The van der Waals surface area contributed by atoms with Crippen LogP contribution in [0, 0.1) is 0 Å². The number of halogens is 1. The molecule has 19 heteroatoms. The molecule has 0 bridgehead atoms. The molecule has 2 aromatic rings. The average molecular weight is 656 g/mol. The quantitative estimate of drug-likeness (QED) is 0.0509. The van der Waals surface area contributed by atoms with Crippen LogP contribution < -0.4 is 22.5 Å². The first kappa shape index (κ1) is 31.4. The number of hydrogen-bond donors (Lipinski definition) is 5. The largest absolute Gasteiger partial charge is 0.477 e. The van der Waals surface area contributed by atoms with Gasteiger partial charge in [-0.25, -0.2) is 19.2 Å². The summed E-state index contributed by atoms with van der Waals surface area (Å²) in [6, 6.07) is 0.576. The van der Waals surface area contributed by atoms with E-state index < -0.39 is 35.9 Å². The van der Waals surface area contributed by atoms with E-state index in [-0.39, 0.29) is 46.6 Å². The lowest BCUT2D eigenvalue weighted by molar-refractivity contribution is -0.150. The summed E-state index contributed by atoms with van der Waals surface area (Å²) in [4.78, 5) is 58.9. The maximum absolute atomic E-state index is 13.2. The number of β-lactam (4-membered cyclic amide) rings is 1. The lowest BCUT2D eigenvalue weighted by Gasteiger charge is -2.49. The highest BCUT2D eigenvalue weighted by molar-refractivity contribution is 8.07. The number of nitrogens with zero attached hydrogens (tertiary/aromatic N) is 5. The van der Waals surface area contributed by atoms with Crippen molar-refractivity contribution in [3.63, 3.8) is 0 Å². The molecule has 0 aliphatic carbocycles. The number of fused-ring (bicyclic) bond motifs is 1. The highest BCUT2D eigenvalue weighted by Gasteiger charge is 2.54. The van der Waals surface area contributed by atoms with Crippen LogP contribution in [0.2, 0.25) is 0 Å². The molecule has 2 aliphatic heterocycles. The van der Waals surface area contributed by atoms with Crippen LogP contribution in [0.25, 0.3) is 0 Å². The molecule has 14 nitrogen and oxygen atoms in total. The van der Waals surface area contributed by atoms with E-state index in [2.05, 4.69) is 25.4 Å². The van der Waals surface area contributed by atoms with E-state index in [1.807, 2.05) is 6.92 Å². The summed E-state index contributed by atoms with van der Waals surface area (Å²) in [6.45, 7) is 0.654. The standard InChI is InChI=1S/C23H26FN9O5S4/c1-10(29-22(25)26)7-39-13-6-28-4-2-12(13)42-14-9-40-20-16(19(35)33(20)17(14)21(36)37)31-18(34)15(32-38-5-3-24)11-8-41-23(27)30-11/h2,4,6,8,10,16,20H,3,5,7,9H2,1H3,(H2,27,30)(H,31,34)(H,36,37)(H4,25,26,29)/b32-15-/t10?,16-,20-/m1/s1. The predicted molar refractivity (Wildman–Crippen MR) is 161 cm³/mol. The number of nitrogen functional groups attached to an aromatic ring is 1. The van der Waals surface area contributed by atoms with E-state index in [4.69, 9.17) is 22.0 Å². The number of carboxylic acids is 1. The van der Waals surface area contributed by atoms with Crippen molar-refractivity contribution in [2.24, 2.45) is 21.6 Å². The highest BCUT2D eigenvalue weighted by Crippen LogP contribution is 2.46. The molecular formula is C23H26FN9O5S4.